The SMILES string of the molecule is O=C1Nc2cc([N+](=O)[O-])ccc2/C1=C/c1ccc[nH]1. The third kappa shape index (κ3) is 1.89. The van der Waals surface area contributed by atoms with Crippen molar-refractivity contribution < 1.29 is 9.72 Å². The van der Waals surface area contributed by atoms with Crippen LogP contribution in [0.2, 0.25) is 0 Å². The number of hydrogen-bond donors (Lipinski definition) is 2. The normalized spacial score (nSPS) is 15.4. The molecule has 0 atom stereocenters. The maximum atomic E-state index is 11.9. The summed E-state index contributed by atoms with van der Waals surface area (Å²) in [5.74, 6) is -0.259. The number of nitro benzene ring substituents is 1. The Bertz CT molecular complexity index is 702. The minimum atomic E-state index is -0.487. The maximum absolute atomic E-state index is 11.9. The highest BCUT2D eigenvalue weighted by molar-refractivity contribution is 6.34. The molecule has 1 aliphatic rings. The molecule has 6 heteroatoms. The fourth-order valence-corrected chi connectivity index (χ4v) is 2.03. The number of fused-ring (bicyclic) bond motifs is 1. The van der Waals surface area contributed by atoms with Crippen LogP contribution in [0.15, 0.2) is 36.5 Å². The van der Waals surface area contributed by atoms with Gasteiger partial charge in [-0.05, 0) is 24.3 Å². The van der Waals surface area contributed by atoms with Crippen LogP contribution in [0.1, 0.15) is 11.3 Å². The molecular weight excluding hydrogens is 246 g/mol. The molecule has 0 fully saturated rings. The van der Waals surface area contributed by atoms with Gasteiger partial charge >= 0.3 is 0 Å². The number of nitrogens with one attached hydrogen (secondary N) is 2. The van der Waals surface area contributed by atoms with Crippen LogP contribution in [0.3, 0.4) is 0 Å². The second-order valence-electron chi connectivity index (χ2n) is 4.12. The van der Waals surface area contributed by atoms with Gasteiger partial charge < -0.3 is 10.3 Å². The molecule has 0 unspecified atom stereocenters. The number of anilines is 1. The molecule has 19 heavy (non-hydrogen) atoms. The van der Waals surface area contributed by atoms with E-state index in [2.05, 4.69) is 10.3 Å². The van der Waals surface area contributed by atoms with Gasteiger partial charge in [-0.25, -0.2) is 0 Å². The van der Waals surface area contributed by atoms with E-state index >= 15 is 0 Å². The fourth-order valence-electron chi connectivity index (χ4n) is 2.03. The smallest absolute Gasteiger partial charge is 0.271 e. The molecule has 0 saturated carbocycles. The topological polar surface area (TPSA) is 88.0 Å². The average Bonchev–Trinajstić information content (AvgIpc) is 2.98. The van der Waals surface area contributed by atoms with E-state index in [4.69, 9.17) is 0 Å². The number of carbonyl (C=O) groups excluding carboxylic acids is 1. The predicted octanol–water partition coefficient (Wildman–Crippen LogP) is 2.42. The number of rotatable bonds is 2. The first-order valence-electron chi connectivity index (χ1n) is 5.60. The lowest BCUT2D eigenvalue weighted by molar-refractivity contribution is -0.384. The number of H-pyrrole nitrogens is 1. The van der Waals surface area contributed by atoms with Crippen LogP contribution in [0.4, 0.5) is 11.4 Å². The van der Waals surface area contributed by atoms with Gasteiger partial charge in [0.15, 0.2) is 0 Å². The van der Waals surface area contributed by atoms with Crippen molar-refractivity contribution >= 4 is 28.9 Å². The Kier molecular flexibility index (Phi) is 2.42. The molecule has 1 aliphatic heterocycles. The molecule has 0 spiro atoms. The Hall–Kier alpha value is -2.89. The summed E-state index contributed by atoms with van der Waals surface area (Å²) >= 11 is 0. The van der Waals surface area contributed by atoms with Gasteiger partial charge in [-0.1, -0.05) is 0 Å². The van der Waals surface area contributed by atoms with Crippen LogP contribution in [-0.4, -0.2) is 15.8 Å². The van der Waals surface area contributed by atoms with Crippen LogP contribution in [-0.2, 0) is 4.79 Å². The first kappa shape index (κ1) is 11.2. The van der Waals surface area contributed by atoms with Crippen molar-refractivity contribution in [1.29, 1.82) is 0 Å². The van der Waals surface area contributed by atoms with Crippen LogP contribution >= 0.6 is 0 Å². The summed E-state index contributed by atoms with van der Waals surface area (Å²) in [4.78, 5) is 25.1. The minimum Gasteiger partial charge on any atom is -0.362 e. The first-order chi connectivity index (χ1) is 9.15. The Morgan fingerprint density at radius 1 is 1.26 bits per heavy atom. The quantitative estimate of drug-likeness (QED) is 0.490. The first-order valence-corrected chi connectivity index (χ1v) is 5.60. The number of hydrogen-bond acceptors (Lipinski definition) is 3. The molecule has 1 aromatic carbocycles. The van der Waals surface area contributed by atoms with E-state index in [-0.39, 0.29) is 11.6 Å². The summed E-state index contributed by atoms with van der Waals surface area (Å²) in [5, 5.41) is 13.3. The number of aromatic nitrogens is 1. The number of nitro groups is 1. The van der Waals surface area contributed by atoms with Crippen LogP contribution in [0.5, 0.6) is 0 Å². The molecule has 0 saturated heterocycles. The van der Waals surface area contributed by atoms with Crippen molar-refractivity contribution in [2.24, 2.45) is 0 Å². The number of aromatic amines is 1. The van der Waals surface area contributed by atoms with E-state index in [0.717, 1.165) is 5.69 Å². The molecule has 6 nitrogen and oxygen atoms in total. The fraction of sp³-hybridized carbons (Fsp3) is 0. The van der Waals surface area contributed by atoms with Crippen molar-refractivity contribution in [3.05, 3.63) is 57.9 Å². The van der Waals surface area contributed by atoms with Crippen LogP contribution in [0, 0.1) is 10.1 Å². The highest BCUT2D eigenvalue weighted by atomic mass is 16.6. The van der Waals surface area contributed by atoms with Gasteiger partial charge in [0.05, 0.1) is 16.2 Å². The molecule has 1 aromatic heterocycles. The van der Waals surface area contributed by atoms with Gasteiger partial charge in [0.2, 0.25) is 0 Å². The zero-order chi connectivity index (χ0) is 13.4. The lowest BCUT2D eigenvalue weighted by atomic mass is 10.1. The van der Waals surface area contributed by atoms with Crippen molar-refractivity contribution in [3.63, 3.8) is 0 Å². The summed E-state index contributed by atoms with van der Waals surface area (Å²) in [6, 6.07) is 8.00. The second kappa shape index (κ2) is 4.09. The zero-order valence-corrected chi connectivity index (χ0v) is 9.71. The number of non-ortho nitro benzene ring substituents is 1. The Balaban J connectivity index is 2.08. The summed E-state index contributed by atoms with van der Waals surface area (Å²) in [6.45, 7) is 0. The number of carbonyl (C=O) groups is 1. The van der Waals surface area contributed by atoms with Gasteiger partial charge in [0, 0.05) is 29.6 Å². The number of nitrogens with zero attached hydrogens (tertiary/aromatic N) is 1. The van der Waals surface area contributed by atoms with Gasteiger partial charge in [0.1, 0.15) is 0 Å². The molecule has 2 heterocycles. The van der Waals surface area contributed by atoms with Gasteiger partial charge in [-0.15, -0.1) is 0 Å². The summed E-state index contributed by atoms with van der Waals surface area (Å²) in [6.07, 6.45) is 3.48. The highest BCUT2D eigenvalue weighted by Gasteiger charge is 2.26. The van der Waals surface area contributed by atoms with E-state index in [0.29, 0.717) is 16.8 Å². The van der Waals surface area contributed by atoms with Gasteiger partial charge in [-0.2, -0.15) is 0 Å². The molecular formula is C13H9N3O3. The third-order valence-electron chi connectivity index (χ3n) is 2.92. The predicted molar refractivity (Wildman–Crippen MR) is 70.4 cm³/mol. The molecule has 0 aliphatic carbocycles. The van der Waals surface area contributed by atoms with Crippen molar-refractivity contribution in [1.82, 2.24) is 4.98 Å². The molecule has 3 rings (SSSR count). The monoisotopic (exact) mass is 255 g/mol. The molecule has 0 radical (unpaired) electrons. The van der Waals surface area contributed by atoms with Crippen LogP contribution in [0.25, 0.3) is 11.6 Å². The van der Waals surface area contributed by atoms with Crippen LogP contribution < -0.4 is 5.32 Å². The van der Waals surface area contributed by atoms with E-state index in [1.165, 1.54) is 12.1 Å². The van der Waals surface area contributed by atoms with Crippen molar-refractivity contribution in [3.8, 4) is 0 Å². The van der Waals surface area contributed by atoms with E-state index in [1.54, 1.807) is 18.3 Å². The molecule has 1 amide bonds. The summed E-state index contributed by atoms with van der Waals surface area (Å²) < 4.78 is 0. The molecule has 2 aromatic rings. The van der Waals surface area contributed by atoms with E-state index < -0.39 is 4.92 Å². The number of benzene rings is 1. The number of amides is 1. The second-order valence-corrected chi connectivity index (χ2v) is 4.12. The lowest BCUT2D eigenvalue weighted by Crippen LogP contribution is -2.03. The Morgan fingerprint density at radius 3 is 2.79 bits per heavy atom. The molecule has 0 bridgehead atoms. The van der Waals surface area contributed by atoms with Crippen molar-refractivity contribution in [2.45, 2.75) is 0 Å². The average molecular weight is 255 g/mol. The zero-order valence-electron chi connectivity index (χ0n) is 9.71. The Morgan fingerprint density at radius 2 is 2.11 bits per heavy atom. The standard InChI is InChI=1S/C13H9N3O3/c17-13-11(6-8-2-1-5-14-8)10-4-3-9(16(18)19)7-12(10)15-13/h1-7,14H,(H,15,17)/b11-6-. The van der Waals surface area contributed by atoms with Crippen molar-refractivity contribution in [2.75, 3.05) is 5.32 Å². The van der Waals surface area contributed by atoms with E-state index in [9.17, 15) is 14.9 Å². The maximum Gasteiger partial charge on any atom is 0.271 e. The minimum absolute atomic E-state index is 0.0415. The summed E-state index contributed by atoms with van der Waals surface area (Å²) in [5.41, 5.74) is 2.39. The van der Waals surface area contributed by atoms with Gasteiger partial charge in [0.25, 0.3) is 11.6 Å². The van der Waals surface area contributed by atoms with Gasteiger partial charge in [-0.3, -0.25) is 14.9 Å². The Labute approximate surface area is 107 Å². The largest absolute Gasteiger partial charge is 0.362 e. The highest BCUT2D eigenvalue weighted by Crippen LogP contribution is 2.35. The van der Waals surface area contributed by atoms with E-state index in [1.807, 2.05) is 12.1 Å². The molecule has 2 N–H and O–H groups in total. The third-order valence-corrected chi connectivity index (χ3v) is 2.92. The summed E-state index contributed by atoms with van der Waals surface area (Å²) in [7, 11) is 0. The lowest BCUT2D eigenvalue weighted by Gasteiger charge is -1.98. The molecule has 94 valence electrons.